The van der Waals surface area contributed by atoms with Gasteiger partial charge in [-0.2, -0.15) is 0 Å². The molecule has 0 spiro atoms. The Hall–Kier alpha value is -3.88. The number of nitrogens with one attached hydrogen (secondary N) is 2. The molecule has 0 saturated carbocycles. The SMILES string of the molecule is CC[C@H](C)[C@H](NC(=O)[C@H]1CCCCN1C)C(=O)N(COC(=O)CC(C)C)[C@H](C[C@@H](O)c1nc(C(=O)N[C@@H](Cc2ccccc2)C(=O)O)cs1)C(C)C. The maximum absolute atomic E-state index is 14.5. The lowest BCUT2D eigenvalue weighted by Crippen LogP contribution is -2.59. The lowest BCUT2D eigenvalue weighted by atomic mass is 9.92. The Morgan fingerprint density at radius 3 is 2.35 bits per heavy atom. The zero-order valence-electron chi connectivity index (χ0n) is 31.5. The van der Waals surface area contributed by atoms with Gasteiger partial charge in [-0.15, -0.1) is 11.3 Å². The van der Waals surface area contributed by atoms with Crippen LogP contribution in [0.1, 0.15) is 107 Å². The molecule has 4 N–H and O–H groups in total. The number of hydrogen-bond acceptors (Lipinski definition) is 10. The summed E-state index contributed by atoms with van der Waals surface area (Å²) in [5.41, 5.74) is 0.706. The zero-order chi connectivity index (χ0) is 38.5. The summed E-state index contributed by atoms with van der Waals surface area (Å²) in [6, 6.07) is 5.85. The highest BCUT2D eigenvalue weighted by molar-refractivity contribution is 7.09. The Kier molecular flexibility index (Phi) is 16.7. The smallest absolute Gasteiger partial charge is 0.326 e. The monoisotopic (exact) mass is 743 g/mol. The van der Waals surface area contributed by atoms with E-state index in [1.165, 1.54) is 10.3 Å². The van der Waals surface area contributed by atoms with E-state index in [0.29, 0.717) is 12.8 Å². The summed E-state index contributed by atoms with van der Waals surface area (Å²) in [6.45, 7) is 11.8. The molecular formula is C38H57N5O8S. The number of likely N-dealkylation sites (N-methyl/N-ethyl adjacent to an activating group) is 1. The quantitative estimate of drug-likeness (QED) is 0.119. The van der Waals surface area contributed by atoms with Crippen LogP contribution in [0, 0.1) is 17.8 Å². The normalized spacial score (nSPS) is 17.8. The molecule has 3 amide bonds. The van der Waals surface area contributed by atoms with Crippen molar-refractivity contribution in [2.24, 2.45) is 17.8 Å². The predicted octanol–water partition coefficient (Wildman–Crippen LogP) is 4.41. The first kappa shape index (κ1) is 42.5. The van der Waals surface area contributed by atoms with Gasteiger partial charge in [0.2, 0.25) is 11.8 Å². The molecule has 52 heavy (non-hydrogen) atoms. The van der Waals surface area contributed by atoms with Crippen molar-refractivity contribution in [3.05, 3.63) is 52.0 Å². The van der Waals surface area contributed by atoms with Crippen molar-refractivity contribution in [2.75, 3.05) is 20.3 Å². The van der Waals surface area contributed by atoms with E-state index in [-0.39, 0.29) is 66.4 Å². The van der Waals surface area contributed by atoms with E-state index in [1.54, 1.807) is 24.3 Å². The number of aliphatic carboxylic acids is 1. The van der Waals surface area contributed by atoms with Crippen LogP contribution in [-0.4, -0.2) is 99.1 Å². The van der Waals surface area contributed by atoms with Gasteiger partial charge < -0.3 is 30.5 Å². The summed E-state index contributed by atoms with van der Waals surface area (Å²) < 4.78 is 5.64. The van der Waals surface area contributed by atoms with E-state index in [9.17, 15) is 34.2 Å². The fourth-order valence-corrected chi connectivity index (χ4v) is 7.09. The number of carbonyl (C=O) groups is 5. The number of nitrogens with zero attached hydrogens (tertiary/aromatic N) is 3. The minimum absolute atomic E-state index is 0.00198. The molecule has 1 aromatic heterocycles. The fourth-order valence-electron chi connectivity index (χ4n) is 6.29. The van der Waals surface area contributed by atoms with Crippen LogP contribution in [-0.2, 0) is 30.3 Å². The van der Waals surface area contributed by atoms with Crippen LogP contribution in [0.2, 0.25) is 0 Å². The number of amides is 3. The molecule has 14 heteroatoms. The van der Waals surface area contributed by atoms with Gasteiger partial charge in [0, 0.05) is 30.7 Å². The Balaban J connectivity index is 1.84. The molecule has 288 valence electrons. The van der Waals surface area contributed by atoms with Crippen molar-refractivity contribution < 1.29 is 38.9 Å². The number of aromatic nitrogens is 1. The van der Waals surface area contributed by atoms with Crippen molar-refractivity contribution in [3.63, 3.8) is 0 Å². The number of likely N-dealkylation sites (tertiary alicyclic amines) is 1. The second-order valence-electron chi connectivity index (χ2n) is 14.6. The molecule has 1 aromatic carbocycles. The molecule has 3 rings (SSSR count). The number of carboxylic acids is 1. The highest BCUT2D eigenvalue weighted by atomic mass is 32.1. The molecule has 0 radical (unpaired) electrons. The molecule has 1 saturated heterocycles. The summed E-state index contributed by atoms with van der Waals surface area (Å²) in [5.74, 6) is -3.41. The minimum atomic E-state index is -1.22. The number of ether oxygens (including phenoxy) is 1. The molecule has 0 aliphatic carbocycles. The van der Waals surface area contributed by atoms with Gasteiger partial charge in [0.1, 0.15) is 28.9 Å². The van der Waals surface area contributed by atoms with Gasteiger partial charge in [0.25, 0.3) is 5.91 Å². The topological polar surface area (TPSA) is 178 Å². The maximum Gasteiger partial charge on any atom is 0.326 e. The Labute approximate surface area is 311 Å². The second-order valence-corrected chi connectivity index (χ2v) is 15.5. The van der Waals surface area contributed by atoms with Crippen molar-refractivity contribution >= 4 is 41.0 Å². The van der Waals surface area contributed by atoms with E-state index >= 15 is 0 Å². The van der Waals surface area contributed by atoms with Crippen molar-refractivity contribution in [1.82, 2.24) is 25.4 Å². The van der Waals surface area contributed by atoms with E-state index in [0.717, 1.165) is 36.3 Å². The van der Waals surface area contributed by atoms with Gasteiger partial charge in [-0.3, -0.25) is 24.1 Å². The molecule has 2 heterocycles. The number of esters is 1. The van der Waals surface area contributed by atoms with Crippen LogP contribution in [0.4, 0.5) is 0 Å². The lowest BCUT2D eigenvalue weighted by molar-refractivity contribution is -0.160. The van der Waals surface area contributed by atoms with E-state index in [4.69, 9.17) is 4.74 Å². The fraction of sp³-hybridized carbons (Fsp3) is 0.632. The van der Waals surface area contributed by atoms with Crippen LogP contribution >= 0.6 is 11.3 Å². The molecule has 0 bridgehead atoms. The van der Waals surface area contributed by atoms with Crippen LogP contribution in [0.5, 0.6) is 0 Å². The van der Waals surface area contributed by atoms with Gasteiger partial charge in [-0.05, 0) is 49.8 Å². The van der Waals surface area contributed by atoms with Crippen LogP contribution in [0.15, 0.2) is 35.7 Å². The third kappa shape index (κ3) is 12.4. The van der Waals surface area contributed by atoms with Crippen molar-refractivity contribution in [1.29, 1.82) is 0 Å². The van der Waals surface area contributed by atoms with Crippen LogP contribution < -0.4 is 10.6 Å². The average molecular weight is 744 g/mol. The van der Waals surface area contributed by atoms with Gasteiger partial charge in [-0.1, -0.05) is 84.7 Å². The highest BCUT2D eigenvalue weighted by Gasteiger charge is 2.38. The molecule has 6 atom stereocenters. The van der Waals surface area contributed by atoms with Gasteiger partial charge in [0.05, 0.1) is 6.04 Å². The van der Waals surface area contributed by atoms with Crippen LogP contribution in [0.3, 0.4) is 0 Å². The number of benzene rings is 1. The number of piperidine rings is 1. The van der Waals surface area contributed by atoms with Gasteiger partial charge >= 0.3 is 11.9 Å². The predicted molar refractivity (Wildman–Crippen MR) is 198 cm³/mol. The molecule has 0 unspecified atom stereocenters. The maximum atomic E-state index is 14.5. The van der Waals surface area contributed by atoms with E-state index in [1.807, 2.05) is 59.6 Å². The summed E-state index contributed by atoms with van der Waals surface area (Å²) in [7, 11) is 1.91. The number of thiazole rings is 1. The molecule has 1 fully saturated rings. The third-order valence-corrected chi connectivity index (χ3v) is 10.6. The summed E-state index contributed by atoms with van der Waals surface area (Å²) in [6.07, 6.45) is 2.25. The molecule has 1 aliphatic rings. The first-order valence-electron chi connectivity index (χ1n) is 18.3. The summed E-state index contributed by atoms with van der Waals surface area (Å²) in [4.78, 5) is 73.6. The first-order valence-corrected chi connectivity index (χ1v) is 19.2. The number of carboxylic acid groups (broad SMARTS) is 1. The number of hydrogen-bond donors (Lipinski definition) is 4. The van der Waals surface area contributed by atoms with E-state index < -0.39 is 48.0 Å². The second kappa shape index (κ2) is 20.4. The molecule has 2 aromatic rings. The number of aliphatic hydroxyl groups is 1. The molecule has 1 aliphatic heterocycles. The molecular weight excluding hydrogens is 687 g/mol. The number of rotatable bonds is 19. The lowest BCUT2D eigenvalue weighted by Gasteiger charge is -2.39. The molecule has 13 nitrogen and oxygen atoms in total. The van der Waals surface area contributed by atoms with Crippen LogP contribution in [0.25, 0.3) is 0 Å². The van der Waals surface area contributed by atoms with Gasteiger partial charge in [-0.25, -0.2) is 9.78 Å². The first-order chi connectivity index (χ1) is 24.6. The van der Waals surface area contributed by atoms with E-state index in [2.05, 4.69) is 15.6 Å². The zero-order valence-corrected chi connectivity index (χ0v) is 32.4. The largest absolute Gasteiger partial charge is 0.480 e. The Bertz CT molecular complexity index is 1480. The average Bonchev–Trinajstić information content (AvgIpc) is 3.60. The summed E-state index contributed by atoms with van der Waals surface area (Å²) >= 11 is 1.04. The summed E-state index contributed by atoms with van der Waals surface area (Å²) in [5, 5.41) is 28.4. The van der Waals surface area contributed by atoms with Crippen molar-refractivity contribution in [3.8, 4) is 0 Å². The van der Waals surface area contributed by atoms with Crippen molar-refractivity contribution in [2.45, 2.75) is 117 Å². The number of aliphatic hydroxyl groups excluding tert-OH is 1. The third-order valence-electron chi connectivity index (χ3n) is 9.63. The standard InChI is InChI=1S/C38H57N5O8S/c1-8-25(6)33(41-35(47)29-16-12-13-17-42(29)7)37(48)43(22-51-32(45)18-23(2)3)30(24(4)5)20-31(44)36-40-28(21-52-36)34(46)39-27(38(49)50)19-26-14-10-9-11-15-26/h9-11,14-15,21,23-25,27,29-31,33,44H,8,12-13,16-20,22H2,1-7H3,(H,39,46)(H,41,47)(H,49,50)/t25-,27-,29+,30+,31+,33-/m0/s1. The minimum Gasteiger partial charge on any atom is -0.480 e. The Morgan fingerprint density at radius 1 is 1.06 bits per heavy atom. The highest BCUT2D eigenvalue weighted by Crippen LogP contribution is 2.29. The van der Waals surface area contributed by atoms with Gasteiger partial charge in [0.15, 0.2) is 6.73 Å². The number of carbonyl (C=O) groups excluding carboxylic acids is 4. The Morgan fingerprint density at radius 2 is 1.75 bits per heavy atom.